The Morgan fingerprint density at radius 1 is 1.27 bits per heavy atom. The van der Waals surface area contributed by atoms with Gasteiger partial charge in [0.2, 0.25) is 0 Å². The zero-order valence-corrected chi connectivity index (χ0v) is 18.2. The van der Waals surface area contributed by atoms with Gasteiger partial charge in [0, 0.05) is 0 Å². The predicted octanol–water partition coefficient (Wildman–Crippen LogP) is 3.02. The van der Waals surface area contributed by atoms with Gasteiger partial charge in [0.05, 0.1) is 18.2 Å². The minimum Gasteiger partial charge on any atom is -0.490 e. The van der Waals surface area contributed by atoms with Crippen molar-refractivity contribution in [2.24, 2.45) is 0 Å². The van der Waals surface area contributed by atoms with Crippen molar-refractivity contribution in [1.29, 1.82) is 5.26 Å². The number of ether oxygens (including phenoxy) is 2. The molecule has 0 radical (unpaired) electrons. The SMILES string of the molecule is CC(C)c1c(OCC(C)(C#N)NC(=O)c2ccccc2OC(F)(F)F)ccc2c1B(O)OC2. The summed E-state index contributed by atoms with van der Waals surface area (Å²) in [4.78, 5) is 12.7. The second kappa shape index (κ2) is 9.33. The van der Waals surface area contributed by atoms with Crippen molar-refractivity contribution in [3.05, 3.63) is 53.1 Å². The summed E-state index contributed by atoms with van der Waals surface area (Å²) in [5.41, 5.74) is 0.203. The molecule has 0 aromatic heterocycles. The van der Waals surface area contributed by atoms with Crippen LogP contribution in [0.2, 0.25) is 0 Å². The molecule has 2 aromatic carbocycles. The molecular weight excluding hydrogens is 440 g/mol. The van der Waals surface area contributed by atoms with Crippen molar-refractivity contribution in [2.45, 2.75) is 45.2 Å². The molecule has 0 fully saturated rings. The molecular formula is C22H22BF3N2O5. The number of halogens is 3. The summed E-state index contributed by atoms with van der Waals surface area (Å²) < 4.78 is 53.1. The molecule has 0 saturated heterocycles. The van der Waals surface area contributed by atoms with Gasteiger partial charge in [-0.1, -0.05) is 32.0 Å². The molecule has 11 heteroatoms. The first kappa shape index (κ1) is 24.4. The van der Waals surface area contributed by atoms with Crippen LogP contribution in [0.25, 0.3) is 0 Å². The number of amides is 1. The molecule has 0 bridgehead atoms. The molecule has 1 amide bonds. The van der Waals surface area contributed by atoms with Gasteiger partial charge >= 0.3 is 13.5 Å². The molecule has 1 aliphatic rings. The van der Waals surface area contributed by atoms with Crippen molar-refractivity contribution in [3.8, 4) is 17.6 Å². The molecule has 0 aliphatic carbocycles. The number of nitrogens with zero attached hydrogens (tertiary/aromatic N) is 1. The van der Waals surface area contributed by atoms with Crippen LogP contribution in [0.3, 0.4) is 0 Å². The first-order chi connectivity index (χ1) is 15.4. The Kier molecular flexibility index (Phi) is 6.90. The maximum atomic E-state index is 12.7. The van der Waals surface area contributed by atoms with E-state index in [9.17, 15) is 28.3 Å². The summed E-state index contributed by atoms with van der Waals surface area (Å²) in [6.45, 7) is 5.18. The third-order valence-electron chi connectivity index (χ3n) is 5.07. The monoisotopic (exact) mass is 462 g/mol. The number of carbonyl (C=O) groups excluding carboxylic acids is 1. The minimum absolute atomic E-state index is 0.0411. The van der Waals surface area contributed by atoms with Crippen molar-refractivity contribution in [2.75, 3.05) is 6.61 Å². The van der Waals surface area contributed by atoms with Crippen molar-refractivity contribution in [1.82, 2.24) is 5.32 Å². The Labute approximate surface area is 189 Å². The second-order valence-electron chi connectivity index (χ2n) is 8.10. The van der Waals surface area contributed by atoms with Crippen LogP contribution in [-0.2, 0) is 11.3 Å². The smallest absolute Gasteiger partial charge is 0.490 e. The Hall–Kier alpha value is -3.23. The van der Waals surface area contributed by atoms with E-state index in [1.54, 1.807) is 12.1 Å². The number of carbonyl (C=O) groups is 1. The van der Waals surface area contributed by atoms with Crippen LogP contribution in [0, 0.1) is 11.3 Å². The van der Waals surface area contributed by atoms with E-state index in [1.165, 1.54) is 19.1 Å². The van der Waals surface area contributed by atoms with Gasteiger partial charge in [-0.2, -0.15) is 5.26 Å². The number of rotatable bonds is 7. The third kappa shape index (κ3) is 5.58. The van der Waals surface area contributed by atoms with Crippen LogP contribution in [0.4, 0.5) is 13.2 Å². The van der Waals surface area contributed by atoms with Gasteiger partial charge in [-0.15, -0.1) is 13.2 Å². The van der Waals surface area contributed by atoms with Crippen LogP contribution in [0.1, 0.15) is 48.2 Å². The van der Waals surface area contributed by atoms with E-state index in [2.05, 4.69) is 10.1 Å². The zero-order valence-electron chi connectivity index (χ0n) is 18.2. The van der Waals surface area contributed by atoms with Gasteiger partial charge in [-0.05, 0) is 47.6 Å². The molecule has 174 valence electrons. The van der Waals surface area contributed by atoms with Gasteiger partial charge in [-0.3, -0.25) is 4.79 Å². The van der Waals surface area contributed by atoms with Crippen molar-refractivity contribution in [3.63, 3.8) is 0 Å². The van der Waals surface area contributed by atoms with Crippen LogP contribution in [-0.4, -0.2) is 36.6 Å². The fourth-order valence-electron chi connectivity index (χ4n) is 3.56. The zero-order chi connectivity index (χ0) is 24.4. The van der Waals surface area contributed by atoms with E-state index in [-0.39, 0.29) is 24.7 Å². The number of fused-ring (bicyclic) bond motifs is 1. The lowest BCUT2D eigenvalue weighted by Crippen LogP contribution is -2.49. The molecule has 2 aromatic rings. The van der Waals surface area contributed by atoms with E-state index in [1.807, 2.05) is 19.9 Å². The number of benzene rings is 2. The quantitative estimate of drug-likeness (QED) is 0.614. The number of nitriles is 1. The van der Waals surface area contributed by atoms with Crippen molar-refractivity contribution < 1.29 is 37.1 Å². The van der Waals surface area contributed by atoms with E-state index in [0.717, 1.165) is 17.7 Å². The van der Waals surface area contributed by atoms with Crippen LogP contribution in [0.15, 0.2) is 36.4 Å². The molecule has 0 saturated carbocycles. The number of nitrogens with one attached hydrogen (secondary N) is 1. The Balaban J connectivity index is 1.80. The molecule has 7 nitrogen and oxygen atoms in total. The van der Waals surface area contributed by atoms with E-state index < -0.39 is 30.7 Å². The highest BCUT2D eigenvalue weighted by Crippen LogP contribution is 2.30. The Bertz CT molecular complexity index is 1090. The van der Waals surface area contributed by atoms with E-state index in [4.69, 9.17) is 9.39 Å². The molecule has 3 rings (SSSR count). The summed E-state index contributed by atoms with van der Waals surface area (Å²) in [5, 5.41) is 22.3. The van der Waals surface area contributed by atoms with Crippen molar-refractivity contribution >= 4 is 18.5 Å². The lowest BCUT2D eigenvalue weighted by molar-refractivity contribution is -0.274. The highest BCUT2D eigenvalue weighted by molar-refractivity contribution is 6.62. The number of hydrogen-bond acceptors (Lipinski definition) is 6. The molecule has 0 spiro atoms. The highest BCUT2D eigenvalue weighted by Gasteiger charge is 2.36. The molecule has 1 unspecified atom stereocenters. The maximum Gasteiger partial charge on any atom is 0.573 e. The Morgan fingerprint density at radius 3 is 2.61 bits per heavy atom. The molecule has 2 N–H and O–H groups in total. The number of para-hydroxylation sites is 1. The second-order valence-corrected chi connectivity index (χ2v) is 8.10. The maximum absolute atomic E-state index is 12.7. The van der Waals surface area contributed by atoms with Gasteiger partial charge in [0.1, 0.15) is 18.1 Å². The fraction of sp³-hybridized carbons (Fsp3) is 0.364. The third-order valence-corrected chi connectivity index (χ3v) is 5.07. The largest absolute Gasteiger partial charge is 0.573 e. The van der Waals surface area contributed by atoms with E-state index in [0.29, 0.717) is 16.8 Å². The Morgan fingerprint density at radius 2 is 1.97 bits per heavy atom. The van der Waals surface area contributed by atoms with Crippen LogP contribution in [0.5, 0.6) is 11.5 Å². The predicted molar refractivity (Wildman–Crippen MR) is 113 cm³/mol. The topological polar surface area (TPSA) is 101 Å². The normalized spacial score (nSPS) is 14.9. The van der Waals surface area contributed by atoms with E-state index >= 15 is 0 Å². The standard InChI is InChI=1S/C22H22BF3N2O5/c1-13(2)18-17(9-8-14-10-32-23(30)19(14)18)31-12-21(3,11-27)28-20(29)15-6-4-5-7-16(15)33-22(24,25)26/h4-9,13,30H,10,12H2,1-3H3,(H,28,29). The first-order valence-electron chi connectivity index (χ1n) is 10.1. The van der Waals surface area contributed by atoms with Gasteiger partial charge in [0.25, 0.3) is 5.91 Å². The average Bonchev–Trinajstić information content (AvgIpc) is 3.11. The molecule has 1 aliphatic heterocycles. The van der Waals surface area contributed by atoms with Gasteiger partial charge in [0.15, 0.2) is 5.54 Å². The summed E-state index contributed by atoms with van der Waals surface area (Å²) in [6.07, 6.45) is -4.98. The summed E-state index contributed by atoms with van der Waals surface area (Å²) in [6, 6.07) is 10.2. The van der Waals surface area contributed by atoms with Crippen LogP contribution < -0.4 is 20.3 Å². The highest BCUT2D eigenvalue weighted by atomic mass is 19.4. The molecule has 1 atom stereocenters. The summed E-state index contributed by atoms with van der Waals surface area (Å²) in [5.74, 6) is -1.24. The summed E-state index contributed by atoms with van der Waals surface area (Å²) in [7, 11) is -1.09. The molecule has 33 heavy (non-hydrogen) atoms. The van der Waals surface area contributed by atoms with Gasteiger partial charge in [-0.25, -0.2) is 0 Å². The van der Waals surface area contributed by atoms with Gasteiger partial charge < -0.3 is 24.5 Å². The summed E-state index contributed by atoms with van der Waals surface area (Å²) >= 11 is 0. The first-order valence-corrected chi connectivity index (χ1v) is 10.1. The average molecular weight is 462 g/mol. The number of hydrogen-bond donors (Lipinski definition) is 2. The molecule has 1 heterocycles. The lowest BCUT2D eigenvalue weighted by atomic mass is 9.73. The fourth-order valence-corrected chi connectivity index (χ4v) is 3.56. The van der Waals surface area contributed by atoms with Crippen LogP contribution >= 0.6 is 0 Å². The number of alkyl halides is 3. The minimum atomic E-state index is -4.98. The lowest BCUT2D eigenvalue weighted by Gasteiger charge is -2.26.